The van der Waals surface area contributed by atoms with E-state index in [2.05, 4.69) is 0 Å². The summed E-state index contributed by atoms with van der Waals surface area (Å²) in [6.45, 7) is 4.73. The van der Waals surface area contributed by atoms with E-state index < -0.39 is 17.9 Å². The molecule has 0 aromatic rings. The van der Waals surface area contributed by atoms with E-state index in [0.29, 0.717) is 13.2 Å². The molecule has 20 heavy (non-hydrogen) atoms. The van der Waals surface area contributed by atoms with E-state index in [9.17, 15) is 9.90 Å². The molecule has 3 N–H and O–H groups in total. The Morgan fingerprint density at radius 3 is 2.65 bits per heavy atom. The monoisotopic (exact) mass is 289 g/mol. The minimum Gasteiger partial charge on any atom is -0.465 e. The van der Waals surface area contributed by atoms with Crippen molar-refractivity contribution >= 4 is 5.97 Å². The first-order valence-corrected chi connectivity index (χ1v) is 7.25. The number of hydrogen-bond donors (Lipinski definition) is 2. The van der Waals surface area contributed by atoms with Gasteiger partial charge in [0.05, 0.1) is 25.9 Å². The second-order valence-corrected chi connectivity index (χ2v) is 5.40. The molecule has 1 fully saturated rings. The van der Waals surface area contributed by atoms with Crippen LogP contribution in [0.1, 0.15) is 39.5 Å². The molecule has 0 aromatic heterocycles. The lowest BCUT2D eigenvalue weighted by Gasteiger charge is -2.42. The van der Waals surface area contributed by atoms with E-state index in [1.54, 1.807) is 0 Å². The maximum absolute atomic E-state index is 12.0. The first-order valence-electron chi connectivity index (χ1n) is 7.25. The van der Waals surface area contributed by atoms with Gasteiger partial charge in [0.25, 0.3) is 5.79 Å². The van der Waals surface area contributed by atoms with E-state index >= 15 is 0 Å². The van der Waals surface area contributed by atoms with Gasteiger partial charge in [-0.1, -0.05) is 6.92 Å². The SMILES string of the molecule is COC(=O)C1(OCCCCCN)CC(O)C(C)C(C)O1. The van der Waals surface area contributed by atoms with Gasteiger partial charge in [0.2, 0.25) is 0 Å². The molecule has 0 amide bonds. The number of esters is 1. The molecule has 4 unspecified atom stereocenters. The highest BCUT2D eigenvalue weighted by atomic mass is 16.7. The van der Waals surface area contributed by atoms with Crippen LogP contribution < -0.4 is 5.73 Å². The highest BCUT2D eigenvalue weighted by molar-refractivity contribution is 5.78. The molecule has 1 aliphatic rings. The number of methoxy groups -OCH3 is 1. The normalized spacial score (nSPS) is 34.0. The van der Waals surface area contributed by atoms with Crippen LogP contribution in [0.3, 0.4) is 0 Å². The Hall–Kier alpha value is -0.690. The van der Waals surface area contributed by atoms with Crippen LogP contribution >= 0.6 is 0 Å². The average molecular weight is 289 g/mol. The largest absolute Gasteiger partial charge is 0.465 e. The van der Waals surface area contributed by atoms with Crippen LogP contribution in [0, 0.1) is 5.92 Å². The topological polar surface area (TPSA) is 91.0 Å². The third kappa shape index (κ3) is 4.15. The molecule has 1 aliphatic heterocycles. The summed E-state index contributed by atoms with van der Waals surface area (Å²) in [5, 5.41) is 10.1. The number of ether oxygens (including phenoxy) is 3. The number of aliphatic hydroxyl groups is 1. The predicted octanol–water partition coefficient (Wildman–Crippen LogP) is 0.807. The molecular weight excluding hydrogens is 262 g/mol. The lowest BCUT2D eigenvalue weighted by Crippen LogP contribution is -2.56. The average Bonchev–Trinajstić information content (AvgIpc) is 2.43. The third-order valence-electron chi connectivity index (χ3n) is 3.88. The van der Waals surface area contributed by atoms with Gasteiger partial charge < -0.3 is 25.1 Å². The Morgan fingerprint density at radius 1 is 1.40 bits per heavy atom. The van der Waals surface area contributed by atoms with Crippen molar-refractivity contribution in [1.29, 1.82) is 0 Å². The fourth-order valence-corrected chi connectivity index (χ4v) is 2.33. The van der Waals surface area contributed by atoms with Crippen LogP contribution in [-0.2, 0) is 19.0 Å². The maximum atomic E-state index is 12.0. The van der Waals surface area contributed by atoms with Gasteiger partial charge in [0.15, 0.2) is 0 Å². The van der Waals surface area contributed by atoms with Gasteiger partial charge in [-0.2, -0.15) is 0 Å². The number of unbranched alkanes of at least 4 members (excludes halogenated alkanes) is 2. The molecule has 0 spiro atoms. The molecule has 4 atom stereocenters. The van der Waals surface area contributed by atoms with Gasteiger partial charge in [0.1, 0.15) is 0 Å². The summed E-state index contributed by atoms with van der Waals surface area (Å²) in [7, 11) is 1.29. The van der Waals surface area contributed by atoms with Gasteiger partial charge in [-0.05, 0) is 32.7 Å². The number of aliphatic hydroxyl groups excluding tert-OH is 1. The molecule has 0 saturated carbocycles. The van der Waals surface area contributed by atoms with Crippen molar-refractivity contribution in [1.82, 2.24) is 0 Å². The Morgan fingerprint density at radius 2 is 2.10 bits per heavy atom. The van der Waals surface area contributed by atoms with E-state index in [0.717, 1.165) is 19.3 Å². The van der Waals surface area contributed by atoms with Crippen molar-refractivity contribution in [2.45, 2.75) is 57.5 Å². The number of hydrogen-bond acceptors (Lipinski definition) is 6. The second-order valence-electron chi connectivity index (χ2n) is 5.40. The van der Waals surface area contributed by atoms with Crippen LogP contribution in [0.25, 0.3) is 0 Å². The van der Waals surface area contributed by atoms with E-state index in [-0.39, 0.29) is 18.4 Å². The zero-order valence-corrected chi connectivity index (χ0v) is 12.6. The Kier molecular flexibility index (Phi) is 6.88. The predicted molar refractivity (Wildman–Crippen MR) is 73.9 cm³/mol. The van der Waals surface area contributed by atoms with Crippen LogP contribution in [0.15, 0.2) is 0 Å². The standard InChI is InChI=1S/C14H27NO5/c1-10-11(2)20-14(9-12(10)16,13(17)18-3)19-8-6-4-5-7-15/h10-12,16H,4-9,15H2,1-3H3. The minimum absolute atomic E-state index is 0.0476. The molecule has 1 rings (SSSR count). The summed E-state index contributed by atoms with van der Waals surface area (Å²) in [6, 6.07) is 0. The zero-order valence-electron chi connectivity index (χ0n) is 12.6. The molecule has 0 radical (unpaired) electrons. The summed E-state index contributed by atoms with van der Waals surface area (Å²) in [4.78, 5) is 12.0. The summed E-state index contributed by atoms with van der Waals surface area (Å²) in [6.07, 6.45) is 1.82. The summed E-state index contributed by atoms with van der Waals surface area (Å²) >= 11 is 0. The van der Waals surface area contributed by atoms with Gasteiger partial charge in [-0.3, -0.25) is 0 Å². The van der Waals surface area contributed by atoms with Gasteiger partial charge >= 0.3 is 5.97 Å². The van der Waals surface area contributed by atoms with Crippen molar-refractivity contribution in [2.75, 3.05) is 20.3 Å². The lowest BCUT2D eigenvalue weighted by atomic mass is 9.89. The molecule has 6 nitrogen and oxygen atoms in total. The minimum atomic E-state index is -1.48. The molecule has 1 heterocycles. The van der Waals surface area contributed by atoms with E-state index in [4.69, 9.17) is 19.9 Å². The fourth-order valence-electron chi connectivity index (χ4n) is 2.33. The molecule has 0 bridgehead atoms. The number of carbonyl (C=O) groups is 1. The smallest absolute Gasteiger partial charge is 0.366 e. The highest BCUT2D eigenvalue weighted by Gasteiger charge is 2.51. The van der Waals surface area contributed by atoms with Crippen molar-refractivity contribution in [3.8, 4) is 0 Å². The van der Waals surface area contributed by atoms with Gasteiger partial charge in [-0.25, -0.2) is 4.79 Å². The fraction of sp³-hybridized carbons (Fsp3) is 0.929. The van der Waals surface area contributed by atoms with Gasteiger partial charge in [-0.15, -0.1) is 0 Å². The number of carbonyl (C=O) groups excluding carboxylic acids is 1. The molecule has 0 aromatic carbocycles. The van der Waals surface area contributed by atoms with Crippen molar-refractivity contribution < 1.29 is 24.1 Å². The lowest BCUT2D eigenvalue weighted by molar-refractivity contribution is -0.299. The molecule has 118 valence electrons. The van der Waals surface area contributed by atoms with Gasteiger partial charge in [0, 0.05) is 12.3 Å². The first-order chi connectivity index (χ1) is 9.46. The van der Waals surface area contributed by atoms with Crippen molar-refractivity contribution in [3.63, 3.8) is 0 Å². The van der Waals surface area contributed by atoms with Crippen molar-refractivity contribution in [2.24, 2.45) is 11.7 Å². The van der Waals surface area contributed by atoms with Crippen LogP contribution in [0.5, 0.6) is 0 Å². The summed E-state index contributed by atoms with van der Waals surface area (Å²) < 4.78 is 16.2. The highest BCUT2D eigenvalue weighted by Crippen LogP contribution is 2.34. The Bertz CT molecular complexity index is 298. The first kappa shape index (κ1) is 17.4. The van der Waals surface area contributed by atoms with E-state index in [1.165, 1.54) is 7.11 Å². The maximum Gasteiger partial charge on any atom is 0.366 e. The van der Waals surface area contributed by atoms with Crippen LogP contribution in [0.2, 0.25) is 0 Å². The number of nitrogens with two attached hydrogens (primary N) is 1. The Balaban J connectivity index is 2.65. The molecule has 1 saturated heterocycles. The van der Waals surface area contributed by atoms with Crippen molar-refractivity contribution in [3.05, 3.63) is 0 Å². The van der Waals surface area contributed by atoms with Crippen LogP contribution in [0.4, 0.5) is 0 Å². The summed E-state index contributed by atoms with van der Waals surface area (Å²) in [5.74, 6) is -2.12. The molecular formula is C14H27NO5. The second kappa shape index (κ2) is 7.93. The molecule has 6 heteroatoms. The summed E-state index contributed by atoms with van der Waals surface area (Å²) in [5.41, 5.74) is 5.43. The van der Waals surface area contributed by atoms with E-state index in [1.807, 2.05) is 13.8 Å². The Labute approximate surface area is 120 Å². The van der Waals surface area contributed by atoms with Crippen LogP contribution in [-0.4, -0.2) is 49.3 Å². The number of rotatable bonds is 7. The third-order valence-corrected chi connectivity index (χ3v) is 3.88. The zero-order chi connectivity index (χ0) is 15.2. The molecule has 0 aliphatic carbocycles. The quantitative estimate of drug-likeness (QED) is 0.532.